The Balaban J connectivity index is 2.59. The van der Waals surface area contributed by atoms with Crippen molar-refractivity contribution in [2.24, 2.45) is 0 Å². The minimum absolute atomic E-state index is 0.125. The van der Waals surface area contributed by atoms with Crippen LogP contribution < -0.4 is 4.74 Å². The number of rotatable bonds is 5. The third-order valence-corrected chi connectivity index (χ3v) is 9.09. The van der Waals surface area contributed by atoms with Crippen LogP contribution in [0.15, 0.2) is 16.6 Å². The van der Waals surface area contributed by atoms with Crippen LogP contribution in [0.5, 0.6) is 5.75 Å². The highest BCUT2D eigenvalue weighted by atomic mass is 79.9. The van der Waals surface area contributed by atoms with Crippen LogP contribution in [0.3, 0.4) is 0 Å². The zero-order valence-corrected chi connectivity index (χ0v) is 15.7. The molecule has 0 unspecified atom stereocenters. The van der Waals surface area contributed by atoms with Crippen LogP contribution in [0.1, 0.15) is 26.3 Å². The van der Waals surface area contributed by atoms with Gasteiger partial charge in [0.1, 0.15) is 12.7 Å². The van der Waals surface area contributed by atoms with Crippen LogP contribution in [-0.4, -0.2) is 21.5 Å². The third kappa shape index (κ3) is 4.53. The lowest BCUT2D eigenvalue weighted by Gasteiger charge is -2.36. The van der Waals surface area contributed by atoms with Crippen LogP contribution in [0.25, 0.3) is 0 Å². The molecule has 0 amide bonds. The highest BCUT2D eigenvalue weighted by Gasteiger charge is 2.36. The highest BCUT2D eigenvalue weighted by molar-refractivity contribution is 9.10. The summed E-state index contributed by atoms with van der Waals surface area (Å²) in [6.07, 6.45) is 0. The Morgan fingerprint density at radius 1 is 1.29 bits per heavy atom. The molecule has 6 heteroatoms. The van der Waals surface area contributed by atoms with E-state index in [1.165, 1.54) is 12.1 Å². The van der Waals surface area contributed by atoms with Gasteiger partial charge in [-0.25, -0.2) is 4.39 Å². The minimum atomic E-state index is -1.81. The Hall–Kier alpha value is -0.903. The van der Waals surface area contributed by atoms with Crippen molar-refractivity contribution in [3.63, 3.8) is 0 Å². The lowest BCUT2D eigenvalue weighted by Crippen LogP contribution is -2.41. The number of benzene rings is 1. The monoisotopic (exact) mass is 373 g/mol. The van der Waals surface area contributed by atoms with Gasteiger partial charge in [0.25, 0.3) is 0 Å². The number of ether oxygens (including phenoxy) is 1. The molecule has 0 aromatic heterocycles. The summed E-state index contributed by atoms with van der Waals surface area (Å²) >= 11 is 3.06. The maximum absolute atomic E-state index is 13.9. The van der Waals surface area contributed by atoms with E-state index in [0.717, 1.165) is 0 Å². The van der Waals surface area contributed by atoms with Crippen molar-refractivity contribution in [1.29, 1.82) is 5.26 Å². The number of hydrogen-bond donors (Lipinski definition) is 0. The first-order chi connectivity index (χ1) is 9.60. The van der Waals surface area contributed by atoms with Crippen LogP contribution in [0.4, 0.5) is 4.39 Å². The standard InChI is InChI=1S/C15H21BrFNO2Si/c1-15(2,3)21(4,5)20-9-8-19-12-7-6-11(10-18)13(16)14(12)17/h6-7H,8-9H2,1-5H3. The Morgan fingerprint density at radius 2 is 1.90 bits per heavy atom. The topological polar surface area (TPSA) is 42.2 Å². The fourth-order valence-electron chi connectivity index (χ4n) is 1.39. The molecular weight excluding hydrogens is 353 g/mol. The molecule has 3 nitrogen and oxygen atoms in total. The Morgan fingerprint density at radius 3 is 2.43 bits per heavy atom. The Kier molecular flexibility index (Phi) is 5.97. The van der Waals surface area contributed by atoms with Crippen LogP contribution >= 0.6 is 15.9 Å². The van der Waals surface area contributed by atoms with Gasteiger partial charge in [-0.1, -0.05) is 20.8 Å². The second kappa shape index (κ2) is 6.90. The molecule has 1 aromatic carbocycles. The van der Waals surface area contributed by atoms with Crippen LogP contribution in [-0.2, 0) is 4.43 Å². The van der Waals surface area contributed by atoms with E-state index >= 15 is 0 Å². The maximum Gasteiger partial charge on any atom is 0.192 e. The fourth-order valence-corrected chi connectivity index (χ4v) is 2.84. The van der Waals surface area contributed by atoms with Crippen molar-refractivity contribution in [3.05, 3.63) is 28.0 Å². The van der Waals surface area contributed by atoms with Gasteiger partial charge in [0, 0.05) is 0 Å². The molecule has 0 atom stereocenters. The summed E-state index contributed by atoms with van der Waals surface area (Å²) in [5.41, 5.74) is 0.248. The predicted molar refractivity (Wildman–Crippen MR) is 87.5 cm³/mol. The summed E-state index contributed by atoms with van der Waals surface area (Å²) in [4.78, 5) is 0. The van der Waals surface area contributed by atoms with Gasteiger partial charge in [-0.3, -0.25) is 0 Å². The smallest absolute Gasteiger partial charge is 0.192 e. The number of nitriles is 1. The fraction of sp³-hybridized carbons (Fsp3) is 0.533. The first-order valence-electron chi connectivity index (χ1n) is 6.75. The summed E-state index contributed by atoms with van der Waals surface area (Å²) in [6, 6.07) is 4.89. The molecule has 0 spiro atoms. The van der Waals surface area contributed by atoms with E-state index in [1.807, 2.05) is 6.07 Å². The van der Waals surface area contributed by atoms with E-state index in [0.29, 0.717) is 6.61 Å². The summed E-state index contributed by atoms with van der Waals surface area (Å²) in [5, 5.41) is 8.95. The van der Waals surface area contributed by atoms with Gasteiger partial charge in [-0.05, 0) is 46.2 Å². The van der Waals surface area contributed by atoms with Gasteiger partial charge < -0.3 is 9.16 Å². The van der Waals surface area contributed by atoms with E-state index in [-0.39, 0.29) is 27.4 Å². The lowest BCUT2D eigenvalue weighted by molar-refractivity contribution is 0.198. The van der Waals surface area contributed by atoms with E-state index in [2.05, 4.69) is 49.8 Å². The van der Waals surface area contributed by atoms with Crippen molar-refractivity contribution in [2.45, 2.75) is 38.9 Å². The minimum Gasteiger partial charge on any atom is -0.488 e. The van der Waals surface area contributed by atoms with Crippen molar-refractivity contribution < 1.29 is 13.6 Å². The largest absolute Gasteiger partial charge is 0.488 e. The lowest BCUT2D eigenvalue weighted by atomic mass is 10.2. The Labute approximate surface area is 135 Å². The number of hydrogen-bond acceptors (Lipinski definition) is 3. The van der Waals surface area contributed by atoms with Crippen molar-refractivity contribution in [1.82, 2.24) is 0 Å². The van der Waals surface area contributed by atoms with Crippen LogP contribution in [0, 0.1) is 17.1 Å². The molecule has 0 radical (unpaired) electrons. The van der Waals surface area contributed by atoms with Gasteiger partial charge in [-0.15, -0.1) is 0 Å². The normalized spacial score (nSPS) is 12.1. The first kappa shape index (κ1) is 18.1. The third-order valence-electron chi connectivity index (χ3n) is 3.78. The van der Waals surface area contributed by atoms with E-state index in [9.17, 15) is 4.39 Å². The highest BCUT2D eigenvalue weighted by Crippen LogP contribution is 2.36. The van der Waals surface area contributed by atoms with Gasteiger partial charge >= 0.3 is 0 Å². The quantitative estimate of drug-likeness (QED) is 0.546. The molecule has 0 bridgehead atoms. The first-order valence-corrected chi connectivity index (χ1v) is 10.4. The predicted octanol–water partition coefficient (Wildman–Crippen LogP) is 4.86. The zero-order valence-electron chi connectivity index (χ0n) is 13.1. The Bertz CT molecular complexity index is 550. The SMILES string of the molecule is CC(C)(C)[Si](C)(C)OCCOc1ccc(C#N)c(Br)c1F. The summed E-state index contributed by atoms with van der Waals surface area (Å²) in [6.45, 7) is 11.5. The van der Waals surface area contributed by atoms with Crippen LogP contribution in [0.2, 0.25) is 18.1 Å². The average molecular weight is 374 g/mol. The van der Waals surface area contributed by atoms with E-state index in [1.54, 1.807) is 0 Å². The second-order valence-electron chi connectivity index (χ2n) is 6.31. The van der Waals surface area contributed by atoms with Gasteiger partial charge in [0.15, 0.2) is 19.9 Å². The second-order valence-corrected chi connectivity index (χ2v) is 11.9. The average Bonchev–Trinajstić information content (AvgIpc) is 2.38. The van der Waals surface area contributed by atoms with Gasteiger partial charge in [-0.2, -0.15) is 5.26 Å². The number of halogens is 2. The molecular formula is C15H21BrFNO2Si. The van der Waals surface area contributed by atoms with Crippen molar-refractivity contribution >= 4 is 24.2 Å². The molecule has 0 heterocycles. The molecule has 1 aromatic rings. The maximum atomic E-state index is 13.9. The molecule has 0 fully saturated rings. The van der Waals surface area contributed by atoms with E-state index in [4.69, 9.17) is 14.4 Å². The summed E-state index contributed by atoms with van der Waals surface area (Å²) < 4.78 is 25.4. The molecule has 116 valence electrons. The molecule has 1 rings (SSSR count). The molecule has 0 aliphatic carbocycles. The molecule has 0 saturated heterocycles. The molecule has 0 saturated carbocycles. The molecule has 0 aliphatic rings. The van der Waals surface area contributed by atoms with Crippen molar-refractivity contribution in [3.8, 4) is 11.8 Å². The zero-order chi connectivity index (χ0) is 16.3. The number of nitrogens with zero attached hydrogens (tertiary/aromatic N) is 1. The molecule has 0 N–H and O–H groups in total. The van der Waals surface area contributed by atoms with Gasteiger partial charge in [0.05, 0.1) is 16.6 Å². The summed E-state index contributed by atoms with van der Waals surface area (Å²) in [5.74, 6) is -0.430. The van der Waals surface area contributed by atoms with Crippen molar-refractivity contribution in [2.75, 3.05) is 13.2 Å². The van der Waals surface area contributed by atoms with E-state index < -0.39 is 14.1 Å². The summed E-state index contributed by atoms with van der Waals surface area (Å²) in [7, 11) is -1.81. The molecule has 0 aliphatic heterocycles. The van der Waals surface area contributed by atoms with Gasteiger partial charge in [0.2, 0.25) is 0 Å². The molecule has 21 heavy (non-hydrogen) atoms.